The third-order valence-electron chi connectivity index (χ3n) is 4.12. The van der Waals surface area contributed by atoms with Gasteiger partial charge in [-0.2, -0.15) is 0 Å². The molecule has 0 spiro atoms. The van der Waals surface area contributed by atoms with E-state index in [2.05, 4.69) is 10.3 Å². The molecule has 0 saturated carbocycles. The van der Waals surface area contributed by atoms with E-state index in [4.69, 9.17) is 9.57 Å². The van der Waals surface area contributed by atoms with Crippen molar-refractivity contribution in [1.82, 2.24) is 14.3 Å². The highest BCUT2D eigenvalue weighted by Crippen LogP contribution is 2.12. The monoisotopic (exact) mass is 366 g/mol. The number of rotatable bonds is 7. The Morgan fingerprint density at radius 1 is 1.11 bits per heavy atom. The molecule has 0 fully saturated rings. The first kappa shape index (κ1) is 18.4. The zero-order valence-electron chi connectivity index (χ0n) is 15.6. The highest BCUT2D eigenvalue weighted by atomic mass is 16.6. The fourth-order valence-electron chi connectivity index (χ4n) is 2.68. The fraction of sp³-hybridized carbons (Fsp3) is 0.250. The smallest absolute Gasteiger partial charge is 0.348 e. The third kappa shape index (κ3) is 4.44. The highest BCUT2D eigenvalue weighted by Gasteiger charge is 2.12. The number of nitrogens with zero attached hydrogens (tertiary/aromatic N) is 4. The number of hydrogen-bond donors (Lipinski definition) is 0. The van der Waals surface area contributed by atoms with Crippen molar-refractivity contribution in [1.29, 1.82) is 0 Å². The summed E-state index contributed by atoms with van der Waals surface area (Å²) in [7, 11) is 3.09. The molecule has 0 amide bonds. The molecule has 3 rings (SSSR count). The molecule has 0 aliphatic heterocycles. The van der Waals surface area contributed by atoms with Gasteiger partial charge in [0.15, 0.2) is 0 Å². The van der Waals surface area contributed by atoms with E-state index in [-0.39, 0.29) is 11.7 Å². The molecular weight excluding hydrogens is 344 g/mol. The lowest BCUT2D eigenvalue weighted by molar-refractivity contribution is 0.130. The number of oxime groups is 1. The van der Waals surface area contributed by atoms with Crippen molar-refractivity contribution in [3.05, 3.63) is 81.8 Å². The number of aromatic nitrogens is 3. The van der Waals surface area contributed by atoms with Crippen LogP contribution in [0.1, 0.15) is 23.6 Å². The van der Waals surface area contributed by atoms with Crippen molar-refractivity contribution < 1.29 is 9.57 Å². The second-order valence-electron chi connectivity index (χ2n) is 6.12. The zero-order valence-corrected chi connectivity index (χ0v) is 15.6. The van der Waals surface area contributed by atoms with Gasteiger partial charge in [0.25, 0.3) is 0 Å². The van der Waals surface area contributed by atoms with Crippen LogP contribution in [-0.2, 0) is 25.0 Å². The molecule has 7 heteroatoms. The van der Waals surface area contributed by atoms with Gasteiger partial charge >= 0.3 is 11.7 Å². The van der Waals surface area contributed by atoms with E-state index < -0.39 is 0 Å². The van der Waals surface area contributed by atoms with E-state index in [9.17, 15) is 4.79 Å². The van der Waals surface area contributed by atoms with E-state index in [1.54, 1.807) is 7.05 Å². The molecular formula is C20H22N4O3. The summed E-state index contributed by atoms with van der Waals surface area (Å²) in [6, 6.07) is 18.0. The van der Waals surface area contributed by atoms with Gasteiger partial charge in [0, 0.05) is 7.05 Å². The average Bonchev–Trinajstić information content (AvgIpc) is 2.96. The van der Waals surface area contributed by atoms with Gasteiger partial charge in [0.1, 0.15) is 6.61 Å². The molecule has 3 aromatic rings. The van der Waals surface area contributed by atoms with Gasteiger partial charge in [-0.1, -0.05) is 53.7 Å². The minimum absolute atomic E-state index is 0.228. The molecule has 1 heterocycles. The predicted octanol–water partition coefficient (Wildman–Crippen LogP) is 2.58. The Balaban J connectivity index is 1.73. The van der Waals surface area contributed by atoms with Crippen LogP contribution in [0.2, 0.25) is 0 Å². The first-order valence-corrected chi connectivity index (χ1v) is 8.56. The molecule has 0 bridgehead atoms. The molecule has 0 saturated heterocycles. The summed E-state index contributed by atoms with van der Waals surface area (Å²) in [6.45, 7) is 2.67. The zero-order chi connectivity index (χ0) is 19.2. The predicted molar refractivity (Wildman–Crippen MR) is 103 cm³/mol. The maximum Gasteiger partial charge on any atom is 0.348 e. The summed E-state index contributed by atoms with van der Waals surface area (Å²) >= 11 is 0. The molecule has 0 unspecified atom stereocenters. The van der Waals surface area contributed by atoms with E-state index in [0.29, 0.717) is 13.2 Å². The molecule has 140 valence electrons. The first-order valence-electron chi connectivity index (χ1n) is 8.56. The van der Waals surface area contributed by atoms with Gasteiger partial charge in [0.2, 0.25) is 0 Å². The molecule has 27 heavy (non-hydrogen) atoms. The SMILES string of the molecule is COc1nn(C)c(=O)n1Cc1cccc(/C(C)=N/OCc2ccccc2)c1. The Labute approximate surface area is 157 Å². The van der Waals surface area contributed by atoms with Gasteiger partial charge in [0.05, 0.1) is 19.4 Å². The lowest BCUT2D eigenvalue weighted by Gasteiger charge is -2.07. The molecule has 7 nitrogen and oxygen atoms in total. The van der Waals surface area contributed by atoms with Gasteiger partial charge in [-0.3, -0.25) is 0 Å². The lowest BCUT2D eigenvalue weighted by atomic mass is 10.1. The third-order valence-corrected chi connectivity index (χ3v) is 4.12. The summed E-state index contributed by atoms with van der Waals surface area (Å²) in [6.07, 6.45) is 0. The van der Waals surface area contributed by atoms with Crippen molar-refractivity contribution in [2.24, 2.45) is 12.2 Å². The first-order chi connectivity index (χ1) is 13.1. The Bertz CT molecular complexity index is 990. The summed E-state index contributed by atoms with van der Waals surface area (Å²) in [5, 5.41) is 8.25. The molecule has 0 aliphatic carbocycles. The maximum atomic E-state index is 12.2. The molecule has 0 radical (unpaired) electrons. The van der Waals surface area contributed by atoms with Crippen LogP contribution in [-0.4, -0.2) is 27.2 Å². The molecule has 2 aromatic carbocycles. The summed E-state index contributed by atoms with van der Waals surface area (Å²) in [4.78, 5) is 17.6. The summed E-state index contributed by atoms with van der Waals surface area (Å²) < 4.78 is 7.92. The van der Waals surface area contributed by atoms with E-state index in [0.717, 1.165) is 22.4 Å². The summed E-state index contributed by atoms with van der Waals surface area (Å²) in [5.41, 5.74) is 3.47. The van der Waals surface area contributed by atoms with Crippen LogP contribution in [0.15, 0.2) is 64.5 Å². The topological polar surface area (TPSA) is 70.6 Å². The number of hydrogen-bond acceptors (Lipinski definition) is 5. The molecule has 1 aromatic heterocycles. The second-order valence-corrected chi connectivity index (χ2v) is 6.12. The van der Waals surface area contributed by atoms with Crippen molar-refractivity contribution in [2.45, 2.75) is 20.1 Å². The van der Waals surface area contributed by atoms with Gasteiger partial charge < -0.3 is 9.57 Å². The highest BCUT2D eigenvalue weighted by molar-refractivity contribution is 5.98. The van der Waals surface area contributed by atoms with E-state index in [1.165, 1.54) is 16.4 Å². The number of methoxy groups -OCH3 is 1. The van der Waals surface area contributed by atoms with E-state index >= 15 is 0 Å². The number of benzene rings is 2. The Hall–Kier alpha value is -3.35. The van der Waals surface area contributed by atoms with Crippen LogP contribution in [0.3, 0.4) is 0 Å². The quantitative estimate of drug-likeness (QED) is 0.476. The minimum Gasteiger partial charge on any atom is -0.467 e. The van der Waals surface area contributed by atoms with Crippen molar-refractivity contribution in [3.8, 4) is 6.01 Å². The Morgan fingerprint density at radius 2 is 1.85 bits per heavy atom. The average molecular weight is 366 g/mol. The van der Waals surface area contributed by atoms with Crippen LogP contribution < -0.4 is 10.4 Å². The van der Waals surface area contributed by atoms with E-state index in [1.807, 2.05) is 61.5 Å². The lowest BCUT2D eigenvalue weighted by Crippen LogP contribution is -2.23. The van der Waals surface area contributed by atoms with Gasteiger partial charge in [-0.15, -0.1) is 5.10 Å². The maximum absolute atomic E-state index is 12.2. The number of ether oxygens (including phenoxy) is 1. The van der Waals surface area contributed by atoms with Crippen LogP contribution in [0.4, 0.5) is 0 Å². The van der Waals surface area contributed by atoms with Crippen LogP contribution in [0.5, 0.6) is 6.01 Å². The van der Waals surface area contributed by atoms with Gasteiger partial charge in [-0.25, -0.2) is 14.0 Å². The Kier molecular flexibility index (Phi) is 5.71. The molecule has 0 N–H and O–H groups in total. The van der Waals surface area contributed by atoms with Crippen LogP contribution in [0.25, 0.3) is 0 Å². The second kappa shape index (κ2) is 8.35. The fourth-order valence-corrected chi connectivity index (χ4v) is 2.68. The number of aryl methyl sites for hydroxylation is 1. The van der Waals surface area contributed by atoms with Crippen LogP contribution in [0, 0.1) is 0 Å². The van der Waals surface area contributed by atoms with Crippen molar-refractivity contribution in [2.75, 3.05) is 7.11 Å². The standard InChI is InChI=1S/C20H22N4O3/c1-15(22-27-14-16-8-5-4-6-9-16)18-11-7-10-17(12-18)13-24-19(26-3)21-23(2)20(24)25/h4-12H,13-14H2,1-3H3/b22-15+. The van der Waals surface area contributed by atoms with Gasteiger partial charge in [-0.05, 0) is 29.7 Å². The van der Waals surface area contributed by atoms with Crippen molar-refractivity contribution in [3.63, 3.8) is 0 Å². The summed E-state index contributed by atoms with van der Waals surface area (Å²) in [5.74, 6) is 0. The Morgan fingerprint density at radius 3 is 2.59 bits per heavy atom. The minimum atomic E-state index is -0.228. The molecule has 0 aliphatic rings. The largest absolute Gasteiger partial charge is 0.467 e. The van der Waals surface area contributed by atoms with Crippen LogP contribution >= 0.6 is 0 Å². The molecule has 0 atom stereocenters. The van der Waals surface area contributed by atoms with Crippen molar-refractivity contribution >= 4 is 5.71 Å². The normalized spacial score (nSPS) is 11.4.